The summed E-state index contributed by atoms with van der Waals surface area (Å²) in [4.78, 5) is 5.01. The number of hydrogen-bond acceptors (Lipinski definition) is 4. The SMILES string of the molecule is CC(c1cccc(C#N)c1)N(C)C1CCN(CCn2cccn2)CC1. The number of rotatable bonds is 6. The van der Waals surface area contributed by atoms with Crippen molar-refractivity contribution in [3.63, 3.8) is 0 Å². The van der Waals surface area contributed by atoms with Gasteiger partial charge in [0, 0.05) is 31.0 Å². The van der Waals surface area contributed by atoms with E-state index in [1.165, 1.54) is 18.4 Å². The zero-order chi connectivity index (χ0) is 17.6. The van der Waals surface area contributed by atoms with Crippen LogP contribution in [0.5, 0.6) is 0 Å². The molecule has 0 radical (unpaired) electrons. The summed E-state index contributed by atoms with van der Waals surface area (Å²) < 4.78 is 2.00. The highest BCUT2D eigenvalue weighted by molar-refractivity contribution is 5.34. The lowest BCUT2D eigenvalue weighted by atomic mass is 9.98. The molecule has 1 atom stereocenters. The first-order valence-corrected chi connectivity index (χ1v) is 9.09. The predicted molar refractivity (Wildman–Crippen MR) is 99.0 cm³/mol. The Kier molecular flexibility index (Phi) is 5.85. The smallest absolute Gasteiger partial charge is 0.0991 e. The molecule has 1 aliphatic rings. The lowest BCUT2D eigenvalue weighted by molar-refractivity contribution is 0.0993. The molecule has 1 fully saturated rings. The summed E-state index contributed by atoms with van der Waals surface area (Å²) in [5.74, 6) is 0. The molecule has 2 heterocycles. The van der Waals surface area contributed by atoms with Gasteiger partial charge >= 0.3 is 0 Å². The third-order valence-corrected chi connectivity index (χ3v) is 5.45. The Morgan fingerprint density at radius 3 is 2.76 bits per heavy atom. The lowest BCUT2D eigenvalue weighted by Crippen LogP contribution is -2.44. The maximum Gasteiger partial charge on any atom is 0.0991 e. The minimum Gasteiger partial charge on any atom is -0.301 e. The van der Waals surface area contributed by atoms with E-state index in [4.69, 9.17) is 5.26 Å². The number of piperidine rings is 1. The molecule has 0 amide bonds. The van der Waals surface area contributed by atoms with Crippen LogP contribution in [-0.2, 0) is 6.54 Å². The first-order chi connectivity index (χ1) is 12.2. The molecule has 0 N–H and O–H groups in total. The van der Waals surface area contributed by atoms with Crippen molar-refractivity contribution in [2.75, 3.05) is 26.7 Å². The maximum absolute atomic E-state index is 9.10. The molecule has 0 saturated carbocycles. The number of nitrogens with zero attached hydrogens (tertiary/aromatic N) is 5. The molecular weight excluding hydrogens is 310 g/mol. The molecule has 3 rings (SSSR count). The van der Waals surface area contributed by atoms with E-state index in [1.54, 1.807) is 0 Å². The summed E-state index contributed by atoms with van der Waals surface area (Å²) in [7, 11) is 2.22. The van der Waals surface area contributed by atoms with Crippen molar-refractivity contribution in [3.8, 4) is 6.07 Å². The Labute approximate surface area is 150 Å². The number of hydrogen-bond donors (Lipinski definition) is 0. The normalized spacial score (nSPS) is 17.5. The van der Waals surface area contributed by atoms with Crippen molar-refractivity contribution in [1.82, 2.24) is 19.6 Å². The third-order valence-electron chi connectivity index (χ3n) is 5.45. The first kappa shape index (κ1) is 17.7. The van der Waals surface area contributed by atoms with E-state index < -0.39 is 0 Å². The molecule has 132 valence electrons. The Morgan fingerprint density at radius 2 is 2.08 bits per heavy atom. The van der Waals surface area contributed by atoms with Crippen LogP contribution in [0.25, 0.3) is 0 Å². The molecule has 0 spiro atoms. The first-order valence-electron chi connectivity index (χ1n) is 9.09. The summed E-state index contributed by atoms with van der Waals surface area (Å²) in [6.07, 6.45) is 6.25. The second-order valence-electron chi connectivity index (χ2n) is 6.92. The fraction of sp³-hybridized carbons (Fsp3) is 0.500. The highest BCUT2D eigenvalue weighted by atomic mass is 15.3. The number of benzene rings is 1. The van der Waals surface area contributed by atoms with Crippen LogP contribution >= 0.6 is 0 Å². The molecule has 1 saturated heterocycles. The van der Waals surface area contributed by atoms with Gasteiger partial charge in [0.2, 0.25) is 0 Å². The van der Waals surface area contributed by atoms with Crippen molar-refractivity contribution >= 4 is 0 Å². The highest BCUT2D eigenvalue weighted by Gasteiger charge is 2.25. The van der Waals surface area contributed by atoms with Gasteiger partial charge in [0.05, 0.1) is 18.2 Å². The molecule has 1 aromatic carbocycles. The topological polar surface area (TPSA) is 48.1 Å². The van der Waals surface area contributed by atoms with Crippen molar-refractivity contribution in [3.05, 3.63) is 53.9 Å². The summed E-state index contributed by atoms with van der Waals surface area (Å²) in [5.41, 5.74) is 1.97. The quantitative estimate of drug-likeness (QED) is 0.813. The Bertz CT molecular complexity index is 695. The minimum atomic E-state index is 0.328. The van der Waals surface area contributed by atoms with Crippen LogP contribution in [0.3, 0.4) is 0 Å². The third kappa shape index (κ3) is 4.47. The van der Waals surface area contributed by atoms with E-state index in [9.17, 15) is 0 Å². The average Bonchev–Trinajstić information content (AvgIpc) is 3.19. The second kappa shape index (κ2) is 8.28. The van der Waals surface area contributed by atoms with Gasteiger partial charge < -0.3 is 4.90 Å². The molecule has 1 aliphatic heterocycles. The van der Waals surface area contributed by atoms with Crippen molar-refractivity contribution in [2.24, 2.45) is 0 Å². The molecule has 2 aromatic rings. The molecule has 5 heteroatoms. The van der Waals surface area contributed by atoms with E-state index >= 15 is 0 Å². The zero-order valence-electron chi connectivity index (χ0n) is 15.2. The van der Waals surface area contributed by atoms with Crippen LogP contribution in [0.1, 0.15) is 36.9 Å². The number of likely N-dealkylation sites (tertiary alicyclic amines) is 1. The van der Waals surface area contributed by atoms with Crippen LogP contribution in [0.2, 0.25) is 0 Å². The summed E-state index contributed by atoms with van der Waals surface area (Å²) in [5, 5.41) is 13.4. The van der Waals surface area contributed by atoms with E-state index in [0.29, 0.717) is 12.1 Å². The molecule has 0 aliphatic carbocycles. The molecule has 1 aromatic heterocycles. The monoisotopic (exact) mass is 337 g/mol. The van der Waals surface area contributed by atoms with E-state index in [1.807, 2.05) is 41.3 Å². The van der Waals surface area contributed by atoms with Gasteiger partial charge in [-0.2, -0.15) is 10.4 Å². The van der Waals surface area contributed by atoms with Crippen LogP contribution in [0.15, 0.2) is 42.7 Å². The predicted octanol–water partition coefficient (Wildman–Crippen LogP) is 2.91. The van der Waals surface area contributed by atoms with Gasteiger partial charge in [-0.1, -0.05) is 12.1 Å². The second-order valence-corrected chi connectivity index (χ2v) is 6.92. The van der Waals surface area contributed by atoms with Crippen molar-refractivity contribution in [1.29, 1.82) is 5.26 Å². The van der Waals surface area contributed by atoms with Gasteiger partial charge in [0.25, 0.3) is 0 Å². The van der Waals surface area contributed by atoms with E-state index in [-0.39, 0.29) is 0 Å². The summed E-state index contributed by atoms with van der Waals surface area (Å²) in [6.45, 7) is 6.55. The zero-order valence-corrected chi connectivity index (χ0v) is 15.2. The summed E-state index contributed by atoms with van der Waals surface area (Å²) in [6, 6.07) is 13.1. The van der Waals surface area contributed by atoms with Gasteiger partial charge in [0.1, 0.15) is 0 Å². The fourth-order valence-corrected chi connectivity index (χ4v) is 3.65. The molecular formula is C20H27N5. The van der Waals surface area contributed by atoms with Gasteiger partial charge in [-0.25, -0.2) is 0 Å². The van der Waals surface area contributed by atoms with E-state index in [0.717, 1.165) is 31.7 Å². The van der Waals surface area contributed by atoms with Gasteiger partial charge in [-0.05, 0) is 63.7 Å². The van der Waals surface area contributed by atoms with Crippen LogP contribution < -0.4 is 0 Å². The van der Waals surface area contributed by atoms with Crippen molar-refractivity contribution in [2.45, 2.75) is 38.4 Å². The average molecular weight is 337 g/mol. The van der Waals surface area contributed by atoms with Gasteiger partial charge in [-0.3, -0.25) is 9.58 Å². The molecule has 25 heavy (non-hydrogen) atoms. The summed E-state index contributed by atoms with van der Waals surface area (Å²) >= 11 is 0. The molecule has 5 nitrogen and oxygen atoms in total. The molecule has 0 bridgehead atoms. The van der Waals surface area contributed by atoms with Gasteiger partial charge in [0.15, 0.2) is 0 Å². The molecule has 1 unspecified atom stereocenters. The van der Waals surface area contributed by atoms with Crippen LogP contribution in [-0.4, -0.2) is 52.3 Å². The minimum absolute atomic E-state index is 0.328. The standard InChI is InChI=1S/C20H27N5/c1-17(19-6-3-5-18(15-19)16-21)23(2)20-7-11-24(12-8-20)13-14-25-10-4-9-22-25/h3-6,9-10,15,17,20H,7-8,11-14H2,1-2H3. The van der Waals surface area contributed by atoms with Crippen LogP contribution in [0, 0.1) is 11.3 Å². The Morgan fingerprint density at radius 1 is 1.28 bits per heavy atom. The van der Waals surface area contributed by atoms with Gasteiger partial charge in [-0.15, -0.1) is 0 Å². The number of nitriles is 1. The Hall–Kier alpha value is -2.16. The maximum atomic E-state index is 9.10. The number of aromatic nitrogens is 2. The highest BCUT2D eigenvalue weighted by Crippen LogP contribution is 2.26. The largest absolute Gasteiger partial charge is 0.301 e. The lowest BCUT2D eigenvalue weighted by Gasteiger charge is -2.39. The fourth-order valence-electron chi connectivity index (χ4n) is 3.65. The van der Waals surface area contributed by atoms with E-state index in [2.05, 4.69) is 41.0 Å². The Balaban J connectivity index is 1.50. The van der Waals surface area contributed by atoms with Crippen molar-refractivity contribution < 1.29 is 0 Å². The van der Waals surface area contributed by atoms with Crippen LogP contribution in [0.4, 0.5) is 0 Å².